The first-order valence-electron chi connectivity index (χ1n) is 5.62. The molecule has 5 heteroatoms. The van der Waals surface area contributed by atoms with Crippen LogP contribution in [0.5, 0.6) is 5.75 Å². The highest BCUT2D eigenvalue weighted by molar-refractivity contribution is 6.30. The zero-order valence-electron chi connectivity index (χ0n) is 10.5. The maximum Gasteiger partial charge on any atom is 0.211 e. The van der Waals surface area contributed by atoms with Crippen molar-refractivity contribution in [1.29, 1.82) is 0 Å². The summed E-state index contributed by atoms with van der Waals surface area (Å²) in [5.41, 5.74) is 0.837. The fraction of sp³-hybridized carbons (Fsp3) is 0.308. The number of hydrogen-bond acceptors (Lipinski definition) is 4. The Morgan fingerprint density at radius 3 is 2.89 bits per heavy atom. The standard InChI is InChI=1S/C13H15ClN2O2/c1-8(15-2)13-16-7-12(18-13)10-5-4-9(14)6-11(10)17-3/h4-8,15H,1-3H3. The lowest BCUT2D eigenvalue weighted by atomic mass is 10.1. The van der Waals surface area contributed by atoms with E-state index in [2.05, 4.69) is 10.3 Å². The Balaban J connectivity index is 2.39. The van der Waals surface area contributed by atoms with E-state index < -0.39 is 0 Å². The Morgan fingerprint density at radius 2 is 2.22 bits per heavy atom. The number of nitrogens with zero attached hydrogens (tertiary/aromatic N) is 1. The van der Waals surface area contributed by atoms with Gasteiger partial charge in [0.15, 0.2) is 5.76 Å². The maximum atomic E-state index is 5.92. The van der Waals surface area contributed by atoms with Gasteiger partial charge in [-0.1, -0.05) is 11.6 Å². The molecule has 4 nitrogen and oxygen atoms in total. The van der Waals surface area contributed by atoms with Gasteiger partial charge in [-0.05, 0) is 32.2 Å². The van der Waals surface area contributed by atoms with E-state index in [1.54, 1.807) is 25.4 Å². The Bertz CT molecular complexity index is 540. The second-order valence-corrected chi connectivity index (χ2v) is 4.35. The summed E-state index contributed by atoms with van der Waals surface area (Å²) in [5.74, 6) is 1.98. The number of rotatable bonds is 4. The lowest BCUT2D eigenvalue weighted by Crippen LogP contribution is -2.12. The van der Waals surface area contributed by atoms with Crippen molar-refractivity contribution in [3.05, 3.63) is 35.3 Å². The van der Waals surface area contributed by atoms with Crippen LogP contribution in [0.25, 0.3) is 11.3 Å². The summed E-state index contributed by atoms with van der Waals surface area (Å²) >= 11 is 5.92. The molecule has 1 atom stereocenters. The van der Waals surface area contributed by atoms with Gasteiger partial charge >= 0.3 is 0 Å². The van der Waals surface area contributed by atoms with Crippen molar-refractivity contribution in [3.63, 3.8) is 0 Å². The molecule has 96 valence electrons. The first-order chi connectivity index (χ1) is 8.65. The van der Waals surface area contributed by atoms with Crippen LogP contribution in [0.2, 0.25) is 5.02 Å². The molecule has 1 N–H and O–H groups in total. The van der Waals surface area contributed by atoms with Crippen molar-refractivity contribution in [2.75, 3.05) is 14.2 Å². The minimum atomic E-state index is 0.0667. The van der Waals surface area contributed by atoms with Gasteiger partial charge in [0.25, 0.3) is 0 Å². The molecule has 0 amide bonds. The molecule has 0 aliphatic rings. The molecule has 2 rings (SSSR count). The highest BCUT2D eigenvalue weighted by Gasteiger charge is 2.14. The van der Waals surface area contributed by atoms with Crippen LogP contribution >= 0.6 is 11.6 Å². The molecular formula is C13H15ClN2O2. The number of ether oxygens (including phenoxy) is 1. The largest absolute Gasteiger partial charge is 0.496 e. The molecule has 0 aliphatic carbocycles. The third kappa shape index (κ3) is 2.49. The van der Waals surface area contributed by atoms with Crippen LogP contribution in [0.1, 0.15) is 18.9 Å². The Hall–Kier alpha value is -1.52. The minimum absolute atomic E-state index is 0.0667. The molecule has 0 spiro atoms. The number of oxazole rings is 1. The van der Waals surface area contributed by atoms with Gasteiger partial charge in [0.2, 0.25) is 5.89 Å². The molecule has 2 aromatic rings. The fourth-order valence-corrected chi connectivity index (χ4v) is 1.77. The first-order valence-corrected chi connectivity index (χ1v) is 6.00. The summed E-state index contributed by atoms with van der Waals surface area (Å²) < 4.78 is 11.0. The Kier molecular flexibility index (Phi) is 3.89. The molecule has 0 radical (unpaired) electrons. The van der Waals surface area contributed by atoms with E-state index in [9.17, 15) is 0 Å². The highest BCUT2D eigenvalue weighted by Crippen LogP contribution is 2.33. The second kappa shape index (κ2) is 5.42. The quantitative estimate of drug-likeness (QED) is 0.923. The van der Waals surface area contributed by atoms with Gasteiger partial charge in [0.1, 0.15) is 5.75 Å². The summed E-state index contributed by atoms with van der Waals surface area (Å²) in [4.78, 5) is 4.24. The third-order valence-electron chi connectivity index (χ3n) is 2.76. The molecule has 0 aliphatic heterocycles. The molecule has 0 saturated carbocycles. The van der Waals surface area contributed by atoms with Crippen LogP contribution in [-0.2, 0) is 0 Å². The van der Waals surface area contributed by atoms with Crippen LogP contribution in [-0.4, -0.2) is 19.1 Å². The van der Waals surface area contributed by atoms with Gasteiger partial charge in [-0.15, -0.1) is 0 Å². The summed E-state index contributed by atoms with van der Waals surface area (Å²) in [7, 11) is 3.46. The highest BCUT2D eigenvalue weighted by atomic mass is 35.5. The molecule has 0 fully saturated rings. The number of halogens is 1. The molecule has 1 aromatic heterocycles. The van der Waals surface area contributed by atoms with Crippen molar-refractivity contribution in [2.24, 2.45) is 0 Å². The average molecular weight is 267 g/mol. The van der Waals surface area contributed by atoms with E-state index in [1.807, 2.05) is 20.0 Å². The van der Waals surface area contributed by atoms with Crippen LogP contribution < -0.4 is 10.1 Å². The van der Waals surface area contributed by atoms with E-state index in [-0.39, 0.29) is 6.04 Å². The molecule has 18 heavy (non-hydrogen) atoms. The van der Waals surface area contributed by atoms with Crippen molar-refractivity contribution in [2.45, 2.75) is 13.0 Å². The van der Waals surface area contributed by atoms with Gasteiger partial charge in [-0.2, -0.15) is 0 Å². The number of nitrogens with one attached hydrogen (secondary N) is 1. The van der Waals surface area contributed by atoms with Gasteiger partial charge in [0.05, 0.1) is 24.9 Å². The summed E-state index contributed by atoms with van der Waals surface area (Å²) in [5, 5.41) is 3.70. The normalized spacial score (nSPS) is 12.4. The van der Waals surface area contributed by atoms with Crippen LogP contribution in [0.4, 0.5) is 0 Å². The van der Waals surface area contributed by atoms with Gasteiger partial charge in [-0.25, -0.2) is 4.98 Å². The smallest absolute Gasteiger partial charge is 0.211 e. The maximum absolute atomic E-state index is 5.92. The Labute approximate surface area is 111 Å². The molecule has 1 heterocycles. The average Bonchev–Trinajstić information content (AvgIpc) is 2.87. The minimum Gasteiger partial charge on any atom is -0.496 e. The summed E-state index contributed by atoms with van der Waals surface area (Å²) in [6.45, 7) is 1.98. The first kappa shape index (κ1) is 12.9. The van der Waals surface area contributed by atoms with E-state index in [1.165, 1.54) is 0 Å². The topological polar surface area (TPSA) is 47.3 Å². The second-order valence-electron chi connectivity index (χ2n) is 3.92. The lowest BCUT2D eigenvalue weighted by molar-refractivity contribution is 0.410. The van der Waals surface area contributed by atoms with Crippen LogP contribution in [0, 0.1) is 0 Å². The summed E-state index contributed by atoms with van der Waals surface area (Å²) in [6.07, 6.45) is 1.69. The van der Waals surface area contributed by atoms with E-state index in [0.717, 1.165) is 5.56 Å². The number of benzene rings is 1. The van der Waals surface area contributed by atoms with E-state index >= 15 is 0 Å². The molecule has 0 saturated heterocycles. The van der Waals surface area contributed by atoms with Crippen molar-refractivity contribution in [1.82, 2.24) is 10.3 Å². The van der Waals surface area contributed by atoms with Crippen molar-refractivity contribution < 1.29 is 9.15 Å². The summed E-state index contributed by atoms with van der Waals surface area (Å²) in [6, 6.07) is 5.47. The SMILES string of the molecule is CNC(C)c1ncc(-c2ccc(Cl)cc2OC)o1. The van der Waals surface area contributed by atoms with Gasteiger partial charge in [0, 0.05) is 5.02 Å². The zero-order valence-corrected chi connectivity index (χ0v) is 11.3. The van der Waals surface area contributed by atoms with E-state index in [4.69, 9.17) is 20.8 Å². The molecular weight excluding hydrogens is 252 g/mol. The lowest BCUT2D eigenvalue weighted by Gasteiger charge is -2.07. The van der Waals surface area contributed by atoms with Crippen LogP contribution in [0.3, 0.4) is 0 Å². The molecule has 1 aromatic carbocycles. The monoisotopic (exact) mass is 266 g/mol. The van der Waals surface area contributed by atoms with E-state index in [0.29, 0.717) is 22.4 Å². The van der Waals surface area contributed by atoms with Crippen LogP contribution in [0.15, 0.2) is 28.8 Å². The molecule has 0 bridgehead atoms. The molecule has 1 unspecified atom stereocenters. The number of aromatic nitrogens is 1. The van der Waals surface area contributed by atoms with Crippen molar-refractivity contribution in [3.8, 4) is 17.1 Å². The van der Waals surface area contributed by atoms with Gasteiger partial charge in [-0.3, -0.25) is 0 Å². The number of hydrogen-bond donors (Lipinski definition) is 1. The van der Waals surface area contributed by atoms with Gasteiger partial charge < -0.3 is 14.5 Å². The fourth-order valence-electron chi connectivity index (χ4n) is 1.60. The number of methoxy groups -OCH3 is 1. The van der Waals surface area contributed by atoms with Crippen molar-refractivity contribution >= 4 is 11.6 Å². The zero-order chi connectivity index (χ0) is 13.1. The predicted molar refractivity (Wildman–Crippen MR) is 71.0 cm³/mol. The third-order valence-corrected chi connectivity index (χ3v) is 2.99. The Morgan fingerprint density at radius 1 is 1.44 bits per heavy atom. The predicted octanol–water partition coefficient (Wildman–Crippen LogP) is 3.28.